The van der Waals surface area contributed by atoms with Crippen molar-refractivity contribution in [1.29, 1.82) is 0 Å². The van der Waals surface area contributed by atoms with Crippen molar-refractivity contribution in [1.82, 2.24) is 10.6 Å². The zero-order valence-electron chi connectivity index (χ0n) is 33.7. The van der Waals surface area contributed by atoms with Gasteiger partial charge in [0, 0.05) is 30.0 Å². The van der Waals surface area contributed by atoms with Crippen molar-refractivity contribution in [2.45, 2.75) is 153 Å². The van der Waals surface area contributed by atoms with Gasteiger partial charge in [-0.3, -0.25) is 4.79 Å². The van der Waals surface area contributed by atoms with Crippen molar-refractivity contribution >= 4 is 5.78 Å². The van der Waals surface area contributed by atoms with E-state index in [1.165, 1.54) is 19.3 Å². The molecule has 0 radical (unpaired) electrons. The minimum Gasteiger partial charge on any atom is -0.392 e. The van der Waals surface area contributed by atoms with Crippen LogP contribution in [-0.2, 0) is 9.53 Å². The predicted molar refractivity (Wildman–Crippen MR) is 210 cm³/mol. The first kappa shape index (κ1) is 41.1. The zero-order chi connectivity index (χ0) is 39.7. The van der Waals surface area contributed by atoms with Crippen LogP contribution in [0.4, 0.5) is 0 Å². The Morgan fingerprint density at radius 1 is 1.11 bits per heavy atom. The molecule has 308 valence electrons. The Bertz CT molecular complexity index is 1570. The summed E-state index contributed by atoms with van der Waals surface area (Å²) < 4.78 is 6.30. The van der Waals surface area contributed by atoms with E-state index in [-0.39, 0.29) is 61.4 Å². The van der Waals surface area contributed by atoms with Crippen LogP contribution < -0.4 is 16.4 Å². The van der Waals surface area contributed by atoms with E-state index in [9.17, 15) is 30.6 Å². The topological polar surface area (TPSA) is 198 Å². The lowest BCUT2D eigenvalue weighted by Crippen LogP contribution is -2.67. The van der Waals surface area contributed by atoms with Gasteiger partial charge in [-0.15, -0.1) is 0 Å². The summed E-state index contributed by atoms with van der Waals surface area (Å²) in [5, 5.41) is 77.9. The molecule has 0 aromatic heterocycles. The number of nitrogens with one attached hydrogen (secondary N) is 2. The van der Waals surface area contributed by atoms with Crippen LogP contribution in [0.2, 0.25) is 0 Å². The molecule has 55 heavy (non-hydrogen) atoms. The quantitative estimate of drug-likeness (QED) is 0.104. The molecule has 4 fully saturated rings. The first-order valence-corrected chi connectivity index (χ1v) is 21.4. The number of ketones is 1. The van der Waals surface area contributed by atoms with Crippen LogP contribution >= 0.6 is 0 Å². The van der Waals surface area contributed by atoms with Gasteiger partial charge in [0.25, 0.3) is 0 Å². The number of allylic oxidation sites excluding steroid dienone is 5. The number of hydrogen-bond donors (Lipinski definition) is 9. The summed E-state index contributed by atoms with van der Waals surface area (Å²) in [7, 11) is 0. The van der Waals surface area contributed by atoms with Crippen molar-refractivity contribution in [3.63, 3.8) is 0 Å². The fraction of sp³-hybridized carbons (Fsp3) is 0.795. The minimum absolute atomic E-state index is 0.0562. The van der Waals surface area contributed by atoms with Gasteiger partial charge in [0.2, 0.25) is 0 Å². The van der Waals surface area contributed by atoms with Gasteiger partial charge >= 0.3 is 0 Å². The molecule has 7 aliphatic rings. The Kier molecular flexibility index (Phi) is 11.4. The van der Waals surface area contributed by atoms with Gasteiger partial charge in [0.15, 0.2) is 5.78 Å². The normalized spacial score (nSPS) is 45.8. The molecule has 2 aliphatic heterocycles. The Balaban J connectivity index is 1.31. The number of carbonyl (C=O) groups is 1. The average molecular weight is 768 g/mol. The van der Waals surface area contributed by atoms with E-state index in [1.54, 1.807) is 13.8 Å². The molecular weight excluding hydrogens is 698 g/mol. The van der Waals surface area contributed by atoms with E-state index in [4.69, 9.17) is 10.5 Å². The van der Waals surface area contributed by atoms with Gasteiger partial charge in [0.05, 0.1) is 54.1 Å². The molecule has 0 bridgehead atoms. The first-order valence-electron chi connectivity index (χ1n) is 21.4. The average Bonchev–Trinajstić information content (AvgIpc) is 3.58. The predicted octanol–water partition coefficient (Wildman–Crippen LogP) is 3.33. The van der Waals surface area contributed by atoms with Crippen LogP contribution in [-0.4, -0.2) is 97.5 Å². The molecule has 11 nitrogen and oxygen atoms in total. The molecule has 5 aliphatic carbocycles. The van der Waals surface area contributed by atoms with Crippen LogP contribution in [0.25, 0.3) is 0 Å². The third kappa shape index (κ3) is 6.70. The monoisotopic (exact) mass is 768 g/mol. The van der Waals surface area contributed by atoms with Gasteiger partial charge in [0.1, 0.15) is 6.10 Å². The second kappa shape index (κ2) is 15.3. The number of nitrogens with two attached hydrogens (primary N) is 1. The Hall–Kier alpha value is -2.09. The molecule has 17 unspecified atom stereocenters. The van der Waals surface area contributed by atoms with Crippen LogP contribution in [0.15, 0.2) is 47.3 Å². The SMILES string of the molecule is CCCCCCC1COC(C(O)C(C)(O)C2CCC3(O)C4=C(NCC(C)O)C(=O)C5CC(O)C(O)CC56CC(C5=CNC(N)C=C5)C=CC(CC23C)C46)C1C. The number of fused-ring (bicyclic) bond motifs is 2. The van der Waals surface area contributed by atoms with Gasteiger partial charge in [-0.1, -0.05) is 64.7 Å². The molecule has 11 heteroatoms. The molecule has 10 N–H and O–H groups in total. The zero-order valence-corrected chi connectivity index (χ0v) is 33.7. The maximum atomic E-state index is 15.1. The number of aliphatic hydroxyl groups is 6. The smallest absolute Gasteiger partial charge is 0.182 e. The van der Waals surface area contributed by atoms with Crippen molar-refractivity contribution in [2.75, 3.05) is 13.2 Å². The van der Waals surface area contributed by atoms with Crippen molar-refractivity contribution in [3.8, 4) is 0 Å². The summed E-state index contributed by atoms with van der Waals surface area (Å²) in [6.07, 6.45) is 13.0. The van der Waals surface area contributed by atoms with E-state index in [0.717, 1.165) is 18.4 Å². The van der Waals surface area contributed by atoms with Crippen LogP contribution in [0, 0.1) is 52.3 Å². The molecule has 1 spiro atoms. The second-order valence-electron chi connectivity index (χ2n) is 19.3. The van der Waals surface area contributed by atoms with Crippen molar-refractivity contribution < 1.29 is 40.2 Å². The standard InChI is InChI=1S/C44H69N3O8/c1-6-7-8-9-10-29-23-55-39(25(29)3)40(52)42(5,53)33-15-16-44(54)36-35-27(18-41(33,44)4)12-11-26(28-13-14-34(45)46-22-28)19-43(35)20-32(50)31(49)17-30(43)38(51)37(36)47-21-24(2)48/h11-14,22,24-27,29-35,39-40,46-50,52-54H,6-10,15-21,23,45H2,1-5H3. The summed E-state index contributed by atoms with van der Waals surface area (Å²) in [5.41, 5.74) is 3.07. The summed E-state index contributed by atoms with van der Waals surface area (Å²) in [4.78, 5) is 15.1. The van der Waals surface area contributed by atoms with E-state index in [1.807, 2.05) is 25.3 Å². The fourth-order valence-corrected chi connectivity index (χ4v) is 13.0. The lowest BCUT2D eigenvalue weighted by Gasteiger charge is -2.64. The number of Topliss-reactive ketones (excluding diaryl/α,β-unsaturated/α-hetero) is 1. The molecule has 0 aromatic carbocycles. The Morgan fingerprint density at radius 2 is 1.87 bits per heavy atom. The van der Waals surface area contributed by atoms with Gasteiger partial charge < -0.3 is 51.7 Å². The highest BCUT2D eigenvalue weighted by Crippen LogP contribution is 2.72. The van der Waals surface area contributed by atoms with Gasteiger partial charge in [-0.25, -0.2) is 0 Å². The number of hydrogen-bond acceptors (Lipinski definition) is 11. The molecule has 3 saturated carbocycles. The molecule has 7 rings (SSSR count). The highest BCUT2D eigenvalue weighted by Gasteiger charge is 2.73. The molecule has 1 saturated heterocycles. The van der Waals surface area contributed by atoms with E-state index in [2.05, 4.69) is 36.6 Å². The third-order valence-corrected chi connectivity index (χ3v) is 15.9. The summed E-state index contributed by atoms with van der Waals surface area (Å²) in [6, 6.07) is 0. The van der Waals surface area contributed by atoms with Crippen LogP contribution in [0.5, 0.6) is 0 Å². The minimum atomic E-state index is -1.63. The number of ether oxygens (including phenoxy) is 1. The van der Waals surface area contributed by atoms with Crippen LogP contribution in [0.3, 0.4) is 0 Å². The highest BCUT2D eigenvalue weighted by atomic mass is 16.5. The second-order valence-corrected chi connectivity index (χ2v) is 19.3. The highest BCUT2D eigenvalue weighted by molar-refractivity contribution is 6.00. The first-order chi connectivity index (χ1) is 26.0. The Labute approximate surface area is 327 Å². The van der Waals surface area contributed by atoms with E-state index < -0.39 is 64.4 Å². The third-order valence-electron chi connectivity index (χ3n) is 15.9. The van der Waals surface area contributed by atoms with Gasteiger partial charge in [-0.05, 0) is 111 Å². The number of aliphatic hydroxyl groups excluding tert-OH is 4. The largest absolute Gasteiger partial charge is 0.392 e. The molecular formula is C44H69N3O8. The lowest BCUT2D eigenvalue weighted by molar-refractivity contribution is -0.201. The maximum Gasteiger partial charge on any atom is 0.182 e. The van der Waals surface area contributed by atoms with Crippen molar-refractivity contribution in [2.24, 2.45) is 58.0 Å². The Morgan fingerprint density at radius 3 is 2.56 bits per heavy atom. The fourth-order valence-electron chi connectivity index (χ4n) is 13.0. The molecule has 17 atom stereocenters. The summed E-state index contributed by atoms with van der Waals surface area (Å²) >= 11 is 0. The lowest BCUT2D eigenvalue weighted by atomic mass is 9.41. The molecule has 0 aromatic rings. The summed E-state index contributed by atoms with van der Waals surface area (Å²) in [5.74, 6) is -1.72. The number of rotatable bonds is 12. The van der Waals surface area contributed by atoms with Crippen LogP contribution in [0.1, 0.15) is 105 Å². The summed E-state index contributed by atoms with van der Waals surface area (Å²) in [6.45, 7) is 10.3. The number of dihydropyridines is 1. The molecule has 2 heterocycles. The van der Waals surface area contributed by atoms with Crippen molar-refractivity contribution in [3.05, 3.63) is 47.3 Å². The van der Waals surface area contributed by atoms with E-state index >= 15 is 4.79 Å². The van der Waals surface area contributed by atoms with E-state index in [0.29, 0.717) is 43.1 Å². The molecule has 0 amide bonds. The van der Waals surface area contributed by atoms with Gasteiger partial charge in [-0.2, -0.15) is 0 Å². The number of carbonyl (C=O) groups excluding carboxylic acids is 1. The number of unbranched alkanes of at least 4 members (excludes halogenated alkanes) is 3. The maximum absolute atomic E-state index is 15.1.